The first kappa shape index (κ1) is 13.8. The van der Waals surface area contributed by atoms with Gasteiger partial charge in [-0.2, -0.15) is 0 Å². The summed E-state index contributed by atoms with van der Waals surface area (Å²) in [5, 5.41) is 12.0. The fraction of sp³-hybridized carbons (Fsp3) is 0.455. The van der Waals surface area contributed by atoms with Crippen LogP contribution in [0.2, 0.25) is 0 Å². The Bertz CT molecular complexity index is 385. The van der Waals surface area contributed by atoms with E-state index in [1.165, 1.54) is 0 Å². The summed E-state index contributed by atoms with van der Waals surface area (Å²) in [6.07, 6.45) is -0.725. The molecule has 0 aliphatic heterocycles. The van der Waals surface area contributed by atoms with Gasteiger partial charge in [-0.15, -0.1) is 0 Å². The van der Waals surface area contributed by atoms with E-state index in [1.807, 2.05) is 0 Å². The van der Waals surface area contributed by atoms with Crippen LogP contribution in [0.3, 0.4) is 0 Å². The summed E-state index contributed by atoms with van der Waals surface area (Å²) in [6.45, 7) is 0.443. The van der Waals surface area contributed by atoms with Crippen molar-refractivity contribution in [2.45, 2.75) is 6.10 Å². The Morgan fingerprint density at radius 1 is 1.18 bits per heavy atom. The van der Waals surface area contributed by atoms with Gasteiger partial charge in [0, 0.05) is 25.2 Å². The fourth-order valence-corrected chi connectivity index (χ4v) is 1.37. The summed E-state index contributed by atoms with van der Waals surface area (Å²) >= 11 is 0. The summed E-state index contributed by atoms with van der Waals surface area (Å²) in [5.41, 5.74) is -0.165. The number of hydrogen-bond acceptors (Lipinski definition) is 3. The number of anilines is 1. The van der Waals surface area contributed by atoms with Crippen molar-refractivity contribution >= 4 is 5.69 Å². The van der Waals surface area contributed by atoms with Crippen LogP contribution in [-0.2, 0) is 0 Å². The molecule has 0 fully saturated rings. The third kappa shape index (κ3) is 4.24. The van der Waals surface area contributed by atoms with Gasteiger partial charge in [-0.3, -0.25) is 0 Å². The molecule has 0 aliphatic carbocycles. The summed E-state index contributed by atoms with van der Waals surface area (Å²) in [7, 11) is 3.56. The van der Waals surface area contributed by atoms with Crippen molar-refractivity contribution in [3.05, 3.63) is 29.6 Å². The third-order valence-electron chi connectivity index (χ3n) is 2.11. The van der Waals surface area contributed by atoms with E-state index in [0.717, 1.165) is 6.07 Å². The fourth-order valence-electron chi connectivity index (χ4n) is 1.37. The number of rotatable bonds is 5. The zero-order valence-electron chi connectivity index (χ0n) is 9.67. The number of nitrogens with zero attached hydrogens (tertiary/aromatic N) is 1. The van der Waals surface area contributed by atoms with Gasteiger partial charge in [-0.25, -0.2) is 13.2 Å². The maximum Gasteiger partial charge on any atom is 0.161 e. The molecule has 1 unspecified atom stereocenters. The predicted octanol–water partition coefficient (Wildman–Crippen LogP) is 1.44. The van der Waals surface area contributed by atoms with Crippen molar-refractivity contribution in [2.24, 2.45) is 0 Å². The van der Waals surface area contributed by atoms with Crippen LogP contribution in [0.15, 0.2) is 12.1 Å². The van der Waals surface area contributed by atoms with Crippen molar-refractivity contribution in [3.8, 4) is 0 Å². The SMILES string of the molecule is CN(C)CC(O)CNc1cc(F)c(F)cc1F. The lowest BCUT2D eigenvalue weighted by molar-refractivity contribution is 0.148. The first-order valence-electron chi connectivity index (χ1n) is 5.11. The monoisotopic (exact) mass is 248 g/mol. The standard InChI is InChI=1S/C11H15F3N2O/c1-16(2)6-7(17)5-15-11-4-9(13)8(12)3-10(11)14/h3-4,7,15,17H,5-6H2,1-2H3. The van der Waals surface area contributed by atoms with Gasteiger partial charge in [0.25, 0.3) is 0 Å². The molecular formula is C11H15F3N2O. The molecule has 6 heteroatoms. The number of hydrogen-bond donors (Lipinski definition) is 2. The Kier molecular flexibility index (Phi) is 4.77. The van der Waals surface area contributed by atoms with Gasteiger partial charge in [0.2, 0.25) is 0 Å². The van der Waals surface area contributed by atoms with E-state index in [0.29, 0.717) is 12.6 Å². The molecule has 0 saturated carbocycles. The van der Waals surface area contributed by atoms with Crippen LogP contribution >= 0.6 is 0 Å². The van der Waals surface area contributed by atoms with Gasteiger partial charge in [0.15, 0.2) is 11.6 Å². The Morgan fingerprint density at radius 3 is 2.35 bits per heavy atom. The zero-order valence-corrected chi connectivity index (χ0v) is 9.67. The quantitative estimate of drug-likeness (QED) is 0.774. The van der Waals surface area contributed by atoms with Crippen LogP contribution in [0.5, 0.6) is 0 Å². The van der Waals surface area contributed by atoms with E-state index in [1.54, 1.807) is 19.0 Å². The average Bonchev–Trinajstić information content (AvgIpc) is 2.20. The van der Waals surface area contributed by atoms with Crippen molar-refractivity contribution in [1.29, 1.82) is 0 Å². The van der Waals surface area contributed by atoms with Gasteiger partial charge in [-0.1, -0.05) is 0 Å². The van der Waals surface area contributed by atoms with Gasteiger partial charge < -0.3 is 15.3 Å². The second-order valence-corrected chi connectivity index (χ2v) is 4.04. The molecule has 1 aromatic carbocycles. The summed E-state index contributed by atoms with van der Waals surface area (Å²) in [4.78, 5) is 1.76. The maximum absolute atomic E-state index is 13.2. The van der Waals surface area contributed by atoms with E-state index in [4.69, 9.17) is 0 Å². The topological polar surface area (TPSA) is 35.5 Å². The lowest BCUT2D eigenvalue weighted by Crippen LogP contribution is -2.31. The maximum atomic E-state index is 13.2. The highest BCUT2D eigenvalue weighted by atomic mass is 19.2. The number of aliphatic hydroxyl groups excluding tert-OH is 1. The largest absolute Gasteiger partial charge is 0.390 e. The van der Waals surface area contributed by atoms with Crippen molar-refractivity contribution in [2.75, 3.05) is 32.5 Å². The second kappa shape index (κ2) is 5.88. The Labute approximate surface area is 97.9 Å². The molecule has 1 rings (SSSR count). The molecule has 0 amide bonds. The predicted molar refractivity (Wildman–Crippen MR) is 59.4 cm³/mol. The minimum atomic E-state index is -1.23. The Balaban J connectivity index is 2.60. The normalized spacial score (nSPS) is 12.9. The molecule has 0 heterocycles. The van der Waals surface area contributed by atoms with E-state index < -0.39 is 23.6 Å². The number of benzene rings is 1. The lowest BCUT2D eigenvalue weighted by atomic mass is 10.2. The third-order valence-corrected chi connectivity index (χ3v) is 2.11. The molecule has 1 atom stereocenters. The van der Waals surface area contributed by atoms with Crippen LogP contribution < -0.4 is 5.32 Å². The smallest absolute Gasteiger partial charge is 0.161 e. The van der Waals surface area contributed by atoms with Crippen LogP contribution in [0.1, 0.15) is 0 Å². The van der Waals surface area contributed by atoms with Crippen molar-refractivity contribution < 1.29 is 18.3 Å². The van der Waals surface area contributed by atoms with Crippen LogP contribution in [0.4, 0.5) is 18.9 Å². The van der Waals surface area contributed by atoms with E-state index in [2.05, 4.69) is 5.32 Å². The first-order chi connectivity index (χ1) is 7.90. The molecule has 0 spiro atoms. The summed E-state index contributed by atoms with van der Waals surface area (Å²) in [6, 6.07) is 1.20. The average molecular weight is 248 g/mol. The molecule has 0 bridgehead atoms. The van der Waals surface area contributed by atoms with Crippen LogP contribution in [0.25, 0.3) is 0 Å². The summed E-state index contributed by atoms with van der Waals surface area (Å²) < 4.78 is 38.7. The molecular weight excluding hydrogens is 233 g/mol. The molecule has 0 saturated heterocycles. The van der Waals surface area contributed by atoms with Crippen molar-refractivity contribution in [1.82, 2.24) is 4.90 Å². The van der Waals surface area contributed by atoms with Crippen LogP contribution in [0, 0.1) is 17.5 Å². The lowest BCUT2D eigenvalue weighted by Gasteiger charge is -2.17. The minimum Gasteiger partial charge on any atom is -0.390 e. The highest BCUT2D eigenvalue weighted by Crippen LogP contribution is 2.18. The molecule has 3 nitrogen and oxygen atoms in total. The Hall–Kier alpha value is -1.27. The number of nitrogens with one attached hydrogen (secondary N) is 1. The van der Waals surface area contributed by atoms with Crippen molar-refractivity contribution in [3.63, 3.8) is 0 Å². The molecule has 0 radical (unpaired) electrons. The first-order valence-corrected chi connectivity index (χ1v) is 5.11. The van der Waals surface area contributed by atoms with Crippen LogP contribution in [-0.4, -0.2) is 43.3 Å². The number of aliphatic hydroxyl groups is 1. The number of likely N-dealkylation sites (N-methyl/N-ethyl adjacent to an activating group) is 1. The summed E-state index contributed by atoms with van der Waals surface area (Å²) in [5.74, 6) is -3.25. The van der Waals surface area contributed by atoms with Gasteiger partial charge in [0.05, 0.1) is 11.8 Å². The van der Waals surface area contributed by atoms with E-state index >= 15 is 0 Å². The molecule has 2 N–H and O–H groups in total. The minimum absolute atomic E-state index is 0.0557. The zero-order chi connectivity index (χ0) is 13.0. The second-order valence-electron chi connectivity index (χ2n) is 4.04. The van der Waals surface area contributed by atoms with Gasteiger partial charge >= 0.3 is 0 Å². The van der Waals surface area contributed by atoms with E-state index in [9.17, 15) is 18.3 Å². The van der Waals surface area contributed by atoms with Gasteiger partial charge in [0.1, 0.15) is 5.82 Å². The highest BCUT2D eigenvalue weighted by molar-refractivity contribution is 5.45. The molecule has 0 aliphatic rings. The van der Waals surface area contributed by atoms with Gasteiger partial charge in [-0.05, 0) is 14.1 Å². The molecule has 1 aromatic rings. The highest BCUT2D eigenvalue weighted by Gasteiger charge is 2.11. The Morgan fingerprint density at radius 2 is 1.76 bits per heavy atom. The van der Waals surface area contributed by atoms with E-state index in [-0.39, 0.29) is 12.2 Å². The molecule has 96 valence electrons. The molecule has 17 heavy (non-hydrogen) atoms. The molecule has 0 aromatic heterocycles. The number of halogens is 3.